The van der Waals surface area contributed by atoms with Crippen LogP contribution in [-0.4, -0.2) is 10.1 Å². The Morgan fingerprint density at radius 1 is 1.09 bits per heavy atom. The molecular formula is C18H17NO3. The minimum absolute atomic E-state index is 0.0879. The molecule has 0 aliphatic carbocycles. The van der Waals surface area contributed by atoms with E-state index < -0.39 is 0 Å². The van der Waals surface area contributed by atoms with Crippen LogP contribution in [0.15, 0.2) is 63.6 Å². The Morgan fingerprint density at radius 2 is 1.82 bits per heavy atom. The molecule has 22 heavy (non-hydrogen) atoms. The fraction of sp³-hybridized carbons (Fsp3) is 0.167. The SMILES string of the molecule is C=C(O)Cc1ccc(Cc2nc(-c3ccccc3)oc2C)o1. The molecule has 0 radical (unpaired) electrons. The van der Waals surface area contributed by atoms with Gasteiger partial charge in [-0.15, -0.1) is 0 Å². The molecule has 2 heterocycles. The summed E-state index contributed by atoms with van der Waals surface area (Å²) in [6, 6.07) is 13.5. The van der Waals surface area contributed by atoms with E-state index in [9.17, 15) is 5.11 Å². The van der Waals surface area contributed by atoms with Crippen molar-refractivity contribution in [2.24, 2.45) is 0 Å². The average molecular weight is 295 g/mol. The third-order valence-corrected chi connectivity index (χ3v) is 3.35. The number of aliphatic hydroxyl groups excluding tert-OH is 1. The van der Waals surface area contributed by atoms with Crippen LogP contribution < -0.4 is 0 Å². The molecule has 0 amide bonds. The maximum atomic E-state index is 9.20. The standard InChI is InChI=1S/C18H17NO3/c1-12(20)10-15-8-9-16(22-15)11-17-13(2)21-18(19-17)14-6-4-3-5-7-14/h3-9,20H,1,10-11H2,2H3. The second-order valence-corrected chi connectivity index (χ2v) is 5.18. The number of benzene rings is 1. The highest BCUT2D eigenvalue weighted by atomic mass is 16.4. The van der Waals surface area contributed by atoms with Crippen LogP contribution in [0.1, 0.15) is 23.0 Å². The Hall–Kier alpha value is -2.75. The highest BCUT2D eigenvalue weighted by Gasteiger charge is 2.13. The number of aliphatic hydroxyl groups is 1. The van der Waals surface area contributed by atoms with E-state index in [1.165, 1.54) is 0 Å². The molecule has 1 N–H and O–H groups in total. The van der Waals surface area contributed by atoms with Crippen molar-refractivity contribution < 1.29 is 13.9 Å². The lowest BCUT2D eigenvalue weighted by molar-refractivity contribution is 0.380. The molecule has 0 bridgehead atoms. The quantitative estimate of drug-likeness (QED) is 0.706. The van der Waals surface area contributed by atoms with E-state index in [1.807, 2.05) is 49.4 Å². The normalized spacial score (nSPS) is 10.8. The van der Waals surface area contributed by atoms with Crippen LogP contribution >= 0.6 is 0 Å². The first-order valence-electron chi connectivity index (χ1n) is 7.08. The lowest BCUT2D eigenvalue weighted by atomic mass is 10.2. The number of aryl methyl sites for hydroxylation is 1. The highest BCUT2D eigenvalue weighted by Crippen LogP contribution is 2.23. The minimum atomic E-state index is 0.0879. The van der Waals surface area contributed by atoms with Crippen LogP contribution in [0.4, 0.5) is 0 Å². The molecule has 0 saturated heterocycles. The molecule has 3 rings (SSSR count). The van der Waals surface area contributed by atoms with Crippen LogP contribution in [0.5, 0.6) is 0 Å². The van der Waals surface area contributed by atoms with Crippen molar-refractivity contribution in [3.8, 4) is 11.5 Å². The van der Waals surface area contributed by atoms with Crippen LogP contribution in [0.25, 0.3) is 11.5 Å². The van der Waals surface area contributed by atoms with Crippen LogP contribution in [0.3, 0.4) is 0 Å². The summed E-state index contributed by atoms with van der Waals surface area (Å²) in [5.74, 6) is 2.95. The lowest BCUT2D eigenvalue weighted by Gasteiger charge is -1.95. The zero-order chi connectivity index (χ0) is 15.5. The highest BCUT2D eigenvalue weighted by molar-refractivity contribution is 5.53. The van der Waals surface area contributed by atoms with Gasteiger partial charge in [-0.2, -0.15) is 0 Å². The van der Waals surface area contributed by atoms with Gasteiger partial charge in [0.1, 0.15) is 17.3 Å². The van der Waals surface area contributed by atoms with Crippen LogP contribution in [0.2, 0.25) is 0 Å². The summed E-state index contributed by atoms with van der Waals surface area (Å²) in [6.07, 6.45) is 0.882. The third kappa shape index (κ3) is 3.11. The van der Waals surface area contributed by atoms with Gasteiger partial charge in [0.15, 0.2) is 0 Å². The van der Waals surface area contributed by atoms with Gasteiger partial charge in [0.2, 0.25) is 5.89 Å². The van der Waals surface area contributed by atoms with Crippen molar-refractivity contribution in [2.45, 2.75) is 19.8 Å². The zero-order valence-corrected chi connectivity index (χ0v) is 12.4. The molecule has 0 atom stereocenters. The minimum Gasteiger partial charge on any atom is -0.512 e. The Balaban J connectivity index is 1.80. The van der Waals surface area contributed by atoms with Gasteiger partial charge in [-0.25, -0.2) is 4.98 Å². The molecule has 0 unspecified atom stereocenters. The number of allylic oxidation sites excluding steroid dienone is 1. The summed E-state index contributed by atoms with van der Waals surface area (Å²) in [5.41, 5.74) is 1.80. The first-order chi connectivity index (χ1) is 10.6. The van der Waals surface area contributed by atoms with Crippen molar-refractivity contribution in [3.63, 3.8) is 0 Å². The van der Waals surface area contributed by atoms with E-state index >= 15 is 0 Å². The van der Waals surface area contributed by atoms with Gasteiger partial charge in [0.25, 0.3) is 0 Å². The second kappa shape index (κ2) is 5.93. The van der Waals surface area contributed by atoms with Gasteiger partial charge in [-0.3, -0.25) is 0 Å². The van der Waals surface area contributed by atoms with Crippen molar-refractivity contribution in [1.82, 2.24) is 4.98 Å². The largest absolute Gasteiger partial charge is 0.512 e. The van der Waals surface area contributed by atoms with Gasteiger partial charge in [-0.1, -0.05) is 24.8 Å². The van der Waals surface area contributed by atoms with Crippen molar-refractivity contribution in [2.75, 3.05) is 0 Å². The second-order valence-electron chi connectivity index (χ2n) is 5.18. The number of oxazole rings is 1. The number of nitrogens with zero attached hydrogens (tertiary/aromatic N) is 1. The number of aromatic nitrogens is 1. The number of hydrogen-bond donors (Lipinski definition) is 1. The van der Waals surface area contributed by atoms with Gasteiger partial charge >= 0.3 is 0 Å². The van der Waals surface area contributed by atoms with Gasteiger partial charge in [0, 0.05) is 5.56 Å². The molecule has 0 saturated carbocycles. The summed E-state index contributed by atoms with van der Waals surface area (Å²) in [6.45, 7) is 5.36. The molecule has 0 fully saturated rings. The summed E-state index contributed by atoms with van der Waals surface area (Å²) in [7, 11) is 0. The number of hydrogen-bond acceptors (Lipinski definition) is 4. The molecule has 2 aromatic heterocycles. The van der Waals surface area contributed by atoms with E-state index in [0.717, 1.165) is 22.8 Å². The van der Waals surface area contributed by atoms with Gasteiger partial charge in [-0.05, 0) is 31.2 Å². The van der Waals surface area contributed by atoms with E-state index in [0.29, 0.717) is 24.5 Å². The van der Waals surface area contributed by atoms with E-state index in [-0.39, 0.29) is 5.76 Å². The monoisotopic (exact) mass is 295 g/mol. The molecule has 4 heteroatoms. The summed E-state index contributed by atoms with van der Waals surface area (Å²) >= 11 is 0. The fourth-order valence-corrected chi connectivity index (χ4v) is 2.27. The Kier molecular flexibility index (Phi) is 3.83. The molecule has 0 aliphatic rings. The zero-order valence-electron chi connectivity index (χ0n) is 12.4. The summed E-state index contributed by atoms with van der Waals surface area (Å²) in [5, 5.41) is 9.20. The molecule has 0 aliphatic heterocycles. The molecule has 4 nitrogen and oxygen atoms in total. The molecule has 0 spiro atoms. The van der Waals surface area contributed by atoms with Crippen molar-refractivity contribution in [1.29, 1.82) is 0 Å². The van der Waals surface area contributed by atoms with E-state index in [2.05, 4.69) is 11.6 Å². The summed E-state index contributed by atoms with van der Waals surface area (Å²) < 4.78 is 11.4. The van der Waals surface area contributed by atoms with E-state index in [1.54, 1.807) is 0 Å². The Labute approximate surface area is 128 Å². The fourth-order valence-electron chi connectivity index (χ4n) is 2.27. The molecule has 3 aromatic rings. The van der Waals surface area contributed by atoms with Crippen molar-refractivity contribution >= 4 is 0 Å². The molecule has 112 valence electrons. The van der Waals surface area contributed by atoms with Crippen molar-refractivity contribution in [3.05, 3.63) is 77.8 Å². The number of furan rings is 1. The third-order valence-electron chi connectivity index (χ3n) is 3.35. The van der Waals surface area contributed by atoms with E-state index in [4.69, 9.17) is 8.83 Å². The first-order valence-corrected chi connectivity index (χ1v) is 7.08. The smallest absolute Gasteiger partial charge is 0.226 e. The average Bonchev–Trinajstić information content (AvgIpc) is 3.07. The van der Waals surface area contributed by atoms with Crippen LogP contribution in [-0.2, 0) is 12.8 Å². The molecular weight excluding hydrogens is 278 g/mol. The number of rotatable bonds is 5. The van der Waals surface area contributed by atoms with Gasteiger partial charge < -0.3 is 13.9 Å². The van der Waals surface area contributed by atoms with Crippen LogP contribution in [0, 0.1) is 6.92 Å². The Morgan fingerprint density at radius 3 is 2.55 bits per heavy atom. The first kappa shape index (κ1) is 14.2. The maximum absolute atomic E-state index is 9.20. The summed E-state index contributed by atoms with van der Waals surface area (Å²) in [4.78, 5) is 4.55. The molecule has 1 aromatic carbocycles. The topological polar surface area (TPSA) is 59.4 Å². The predicted molar refractivity (Wildman–Crippen MR) is 83.7 cm³/mol. The lowest BCUT2D eigenvalue weighted by Crippen LogP contribution is -1.89. The predicted octanol–water partition coefficient (Wildman–Crippen LogP) is 4.45. The maximum Gasteiger partial charge on any atom is 0.226 e. The van der Waals surface area contributed by atoms with Gasteiger partial charge in [0.05, 0.1) is 24.3 Å². The Bertz CT molecular complexity index is 784.